The number of benzene rings is 1. The summed E-state index contributed by atoms with van der Waals surface area (Å²) in [6.07, 6.45) is 0. The van der Waals surface area contributed by atoms with Gasteiger partial charge in [0.2, 0.25) is 0 Å². The molecule has 2 nitrogen and oxygen atoms in total. The Bertz CT molecular complexity index is 549. The third-order valence-corrected chi connectivity index (χ3v) is 4.24. The lowest BCUT2D eigenvalue weighted by Crippen LogP contribution is -2.20. The molecule has 0 fully saturated rings. The molecular formula is C13H12BrClFNOS. The highest BCUT2D eigenvalue weighted by atomic mass is 79.9. The molecule has 6 heteroatoms. The maximum atomic E-state index is 13.0. The van der Waals surface area contributed by atoms with E-state index in [2.05, 4.69) is 21.2 Å². The summed E-state index contributed by atoms with van der Waals surface area (Å²) in [6.45, 7) is 1.91. The smallest absolute Gasteiger partial charge is 0.136 e. The fraction of sp³-hybridized carbons (Fsp3) is 0.231. The highest BCUT2D eigenvalue weighted by Gasteiger charge is 2.02. The SMILES string of the molecule is Fc1ccc(Br)c(OCCNCc2ccc(Cl)s2)c1. The monoisotopic (exact) mass is 363 g/mol. The normalized spacial score (nSPS) is 10.7. The lowest BCUT2D eigenvalue weighted by atomic mass is 10.3. The largest absolute Gasteiger partial charge is 0.491 e. The molecule has 1 heterocycles. The maximum Gasteiger partial charge on any atom is 0.136 e. The second kappa shape index (κ2) is 7.24. The minimum Gasteiger partial charge on any atom is -0.491 e. The molecule has 1 aromatic carbocycles. The second-order valence-electron chi connectivity index (χ2n) is 3.81. The third-order valence-electron chi connectivity index (χ3n) is 2.36. The fourth-order valence-corrected chi connectivity index (χ4v) is 2.90. The topological polar surface area (TPSA) is 21.3 Å². The first kappa shape index (κ1) is 14.8. The van der Waals surface area contributed by atoms with E-state index in [4.69, 9.17) is 16.3 Å². The van der Waals surface area contributed by atoms with E-state index in [-0.39, 0.29) is 5.82 Å². The highest BCUT2D eigenvalue weighted by Crippen LogP contribution is 2.25. The van der Waals surface area contributed by atoms with Crippen LogP contribution in [0.3, 0.4) is 0 Å². The molecule has 0 bridgehead atoms. The van der Waals surface area contributed by atoms with Crippen molar-refractivity contribution in [3.63, 3.8) is 0 Å². The summed E-state index contributed by atoms with van der Waals surface area (Å²) < 4.78 is 20.0. The zero-order valence-electron chi connectivity index (χ0n) is 9.96. The number of halogens is 3. The molecule has 0 saturated carbocycles. The van der Waals surface area contributed by atoms with Crippen LogP contribution in [0.2, 0.25) is 4.34 Å². The van der Waals surface area contributed by atoms with Crippen LogP contribution in [-0.4, -0.2) is 13.2 Å². The first-order valence-electron chi connectivity index (χ1n) is 5.68. The van der Waals surface area contributed by atoms with Gasteiger partial charge in [-0.05, 0) is 40.2 Å². The Morgan fingerprint density at radius 3 is 2.89 bits per heavy atom. The molecule has 0 unspecified atom stereocenters. The summed E-state index contributed by atoms with van der Waals surface area (Å²) in [5.74, 6) is 0.209. The van der Waals surface area contributed by atoms with Gasteiger partial charge in [0.05, 0.1) is 8.81 Å². The van der Waals surface area contributed by atoms with Crippen molar-refractivity contribution in [2.75, 3.05) is 13.2 Å². The Balaban J connectivity index is 1.70. The summed E-state index contributed by atoms with van der Waals surface area (Å²) in [6, 6.07) is 8.25. The molecule has 0 aliphatic heterocycles. The van der Waals surface area contributed by atoms with Crippen molar-refractivity contribution in [2.45, 2.75) is 6.54 Å². The molecule has 2 aromatic rings. The van der Waals surface area contributed by atoms with E-state index < -0.39 is 0 Å². The molecule has 1 N–H and O–H groups in total. The molecule has 19 heavy (non-hydrogen) atoms. The van der Waals surface area contributed by atoms with E-state index >= 15 is 0 Å². The summed E-state index contributed by atoms with van der Waals surface area (Å²) in [7, 11) is 0. The van der Waals surface area contributed by atoms with Gasteiger partial charge in [0.15, 0.2) is 0 Å². The number of thiophene rings is 1. The highest BCUT2D eigenvalue weighted by molar-refractivity contribution is 9.10. The van der Waals surface area contributed by atoms with Crippen molar-refractivity contribution in [3.8, 4) is 5.75 Å². The van der Waals surface area contributed by atoms with Crippen molar-refractivity contribution in [1.82, 2.24) is 5.32 Å². The number of hydrogen-bond acceptors (Lipinski definition) is 3. The molecule has 0 radical (unpaired) electrons. The summed E-state index contributed by atoms with van der Waals surface area (Å²) in [5, 5.41) is 3.24. The lowest BCUT2D eigenvalue weighted by Gasteiger charge is -2.08. The lowest BCUT2D eigenvalue weighted by molar-refractivity contribution is 0.310. The van der Waals surface area contributed by atoms with E-state index in [1.165, 1.54) is 17.0 Å². The third kappa shape index (κ3) is 4.76. The molecule has 0 atom stereocenters. The first-order valence-corrected chi connectivity index (χ1v) is 7.66. The van der Waals surface area contributed by atoms with Crippen LogP contribution in [0.4, 0.5) is 4.39 Å². The van der Waals surface area contributed by atoms with Crippen LogP contribution in [0.25, 0.3) is 0 Å². The molecular weight excluding hydrogens is 353 g/mol. The predicted molar refractivity (Wildman–Crippen MR) is 80.6 cm³/mol. The van der Waals surface area contributed by atoms with Crippen LogP contribution >= 0.6 is 38.9 Å². The van der Waals surface area contributed by atoms with Crippen LogP contribution in [0.1, 0.15) is 4.88 Å². The van der Waals surface area contributed by atoms with Gasteiger partial charge in [-0.25, -0.2) is 4.39 Å². The van der Waals surface area contributed by atoms with Crippen LogP contribution in [0.5, 0.6) is 5.75 Å². The van der Waals surface area contributed by atoms with Crippen LogP contribution in [0, 0.1) is 5.82 Å². The second-order valence-corrected chi connectivity index (χ2v) is 6.46. The molecule has 102 valence electrons. The predicted octanol–water partition coefficient (Wildman–Crippen LogP) is 4.47. The van der Waals surface area contributed by atoms with Gasteiger partial charge in [-0.2, -0.15) is 0 Å². The number of rotatable bonds is 6. The Kier molecular flexibility index (Phi) is 5.63. The van der Waals surface area contributed by atoms with Gasteiger partial charge in [0.25, 0.3) is 0 Å². The summed E-state index contributed by atoms with van der Waals surface area (Å²) in [4.78, 5) is 1.18. The maximum absolute atomic E-state index is 13.0. The molecule has 0 aliphatic rings. The summed E-state index contributed by atoms with van der Waals surface area (Å²) >= 11 is 10.7. The molecule has 2 rings (SSSR count). The quantitative estimate of drug-likeness (QED) is 0.764. The Labute approximate surface area is 128 Å². The minimum absolute atomic E-state index is 0.306. The average Bonchev–Trinajstić information content (AvgIpc) is 2.79. The van der Waals surface area contributed by atoms with Crippen LogP contribution in [0.15, 0.2) is 34.8 Å². The molecule has 1 aromatic heterocycles. The Hall–Kier alpha value is -0.620. The zero-order valence-corrected chi connectivity index (χ0v) is 13.1. The Morgan fingerprint density at radius 1 is 1.32 bits per heavy atom. The molecule has 0 aliphatic carbocycles. The minimum atomic E-state index is -0.306. The zero-order chi connectivity index (χ0) is 13.7. The van der Waals surface area contributed by atoms with Gasteiger partial charge < -0.3 is 10.1 Å². The van der Waals surface area contributed by atoms with Crippen molar-refractivity contribution in [2.24, 2.45) is 0 Å². The molecule has 0 amide bonds. The molecule has 0 spiro atoms. The van der Waals surface area contributed by atoms with E-state index in [0.29, 0.717) is 18.9 Å². The van der Waals surface area contributed by atoms with Gasteiger partial charge in [-0.15, -0.1) is 11.3 Å². The van der Waals surface area contributed by atoms with E-state index in [0.717, 1.165) is 15.4 Å². The first-order chi connectivity index (χ1) is 9.15. The Morgan fingerprint density at radius 2 is 2.16 bits per heavy atom. The number of ether oxygens (including phenoxy) is 1. The van der Waals surface area contributed by atoms with Crippen molar-refractivity contribution < 1.29 is 9.13 Å². The van der Waals surface area contributed by atoms with E-state index in [1.807, 2.05) is 12.1 Å². The fourth-order valence-electron chi connectivity index (χ4n) is 1.48. The molecule has 0 saturated heterocycles. The standard InChI is InChI=1S/C13H12BrClFNOS/c14-11-3-1-9(16)7-12(11)18-6-5-17-8-10-2-4-13(15)19-10/h1-4,7,17H,5-6,8H2. The summed E-state index contributed by atoms with van der Waals surface area (Å²) in [5.41, 5.74) is 0. The van der Waals surface area contributed by atoms with Crippen LogP contribution in [-0.2, 0) is 6.54 Å². The van der Waals surface area contributed by atoms with Gasteiger partial charge in [-0.1, -0.05) is 11.6 Å². The van der Waals surface area contributed by atoms with Gasteiger partial charge in [-0.3, -0.25) is 0 Å². The number of hydrogen-bond donors (Lipinski definition) is 1. The van der Waals surface area contributed by atoms with Crippen LogP contribution < -0.4 is 10.1 Å². The van der Waals surface area contributed by atoms with Crippen molar-refractivity contribution >= 4 is 38.9 Å². The van der Waals surface area contributed by atoms with Gasteiger partial charge in [0.1, 0.15) is 18.2 Å². The van der Waals surface area contributed by atoms with Gasteiger partial charge >= 0.3 is 0 Å². The van der Waals surface area contributed by atoms with Crippen molar-refractivity contribution in [3.05, 3.63) is 49.8 Å². The van der Waals surface area contributed by atoms with Gasteiger partial charge in [0, 0.05) is 24.0 Å². The number of nitrogens with one attached hydrogen (secondary N) is 1. The van der Waals surface area contributed by atoms with E-state index in [1.54, 1.807) is 17.4 Å². The van der Waals surface area contributed by atoms with E-state index in [9.17, 15) is 4.39 Å². The average molecular weight is 365 g/mol. The van der Waals surface area contributed by atoms with Crippen molar-refractivity contribution in [1.29, 1.82) is 0 Å².